The summed E-state index contributed by atoms with van der Waals surface area (Å²) in [5.41, 5.74) is -1.18. The second kappa shape index (κ2) is 3.48. The summed E-state index contributed by atoms with van der Waals surface area (Å²) in [6.45, 7) is 1.58. The topological polar surface area (TPSA) is 92.7 Å². The fourth-order valence-corrected chi connectivity index (χ4v) is 2.15. The zero-order valence-corrected chi connectivity index (χ0v) is 8.80. The minimum absolute atomic E-state index is 0.0233. The molecule has 0 saturated carbocycles. The quantitative estimate of drug-likeness (QED) is 0.642. The molecule has 0 aromatic heterocycles. The van der Waals surface area contributed by atoms with Gasteiger partial charge in [0.25, 0.3) is 0 Å². The molecular weight excluding hydrogens is 210 g/mol. The molecule has 0 bridgehead atoms. The van der Waals surface area contributed by atoms with E-state index in [1.807, 2.05) is 0 Å². The minimum Gasteiger partial charge on any atom is -0.481 e. The molecule has 14 heavy (non-hydrogen) atoms. The molecule has 0 radical (unpaired) electrons. The molecule has 2 unspecified atom stereocenters. The van der Waals surface area contributed by atoms with Gasteiger partial charge in [0.2, 0.25) is 10.0 Å². The van der Waals surface area contributed by atoms with E-state index >= 15 is 0 Å². The summed E-state index contributed by atoms with van der Waals surface area (Å²) in [5.74, 6) is -1.06. The van der Waals surface area contributed by atoms with Crippen molar-refractivity contribution in [2.45, 2.75) is 13.0 Å². The molecule has 1 heterocycles. The summed E-state index contributed by atoms with van der Waals surface area (Å²) >= 11 is 0. The molecule has 0 aliphatic carbocycles. The van der Waals surface area contributed by atoms with Gasteiger partial charge in [0.05, 0.1) is 25.5 Å². The van der Waals surface area contributed by atoms with Gasteiger partial charge in [-0.2, -0.15) is 0 Å². The molecular formula is C7H13NO5S. The van der Waals surface area contributed by atoms with Crippen molar-refractivity contribution < 1.29 is 23.1 Å². The second-order valence-electron chi connectivity index (χ2n) is 3.68. The zero-order valence-electron chi connectivity index (χ0n) is 7.98. The van der Waals surface area contributed by atoms with Gasteiger partial charge in [-0.15, -0.1) is 0 Å². The number of nitrogens with one attached hydrogen (secondary N) is 1. The Morgan fingerprint density at radius 1 is 1.64 bits per heavy atom. The van der Waals surface area contributed by atoms with Crippen molar-refractivity contribution in [3.8, 4) is 0 Å². The molecule has 82 valence electrons. The number of ether oxygens (including phenoxy) is 1. The molecule has 1 aliphatic rings. The van der Waals surface area contributed by atoms with Gasteiger partial charge in [-0.1, -0.05) is 0 Å². The van der Waals surface area contributed by atoms with E-state index in [1.165, 1.54) is 6.92 Å². The Kier molecular flexibility index (Phi) is 2.84. The maximum absolute atomic E-state index is 10.9. The minimum atomic E-state index is -3.41. The lowest BCUT2D eigenvalue weighted by Crippen LogP contribution is -2.49. The molecule has 1 saturated heterocycles. The summed E-state index contributed by atoms with van der Waals surface area (Å²) in [4.78, 5) is 10.9. The lowest BCUT2D eigenvalue weighted by atomic mass is 9.86. The Labute approximate surface area is 82.3 Å². The van der Waals surface area contributed by atoms with E-state index in [9.17, 15) is 13.2 Å². The predicted octanol–water partition coefficient (Wildman–Crippen LogP) is -0.975. The number of carbonyl (C=O) groups is 1. The van der Waals surface area contributed by atoms with Crippen LogP contribution in [0.2, 0.25) is 0 Å². The number of sulfonamides is 1. The third kappa shape index (κ3) is 2.23. The van der Waals surface area contributed by atoms with Crippen LogP contribution in [0.25, 0.3) is 0 Å². The Hall–Kier alpha value is -0.660. The summed E-state index contributed by atoms with van der Waals surface area (Å²) in [7, 11) is -3.41. The largest absolute Gasteiger partial charge is 0.481 e. The van der Waals surface area contributed by atoms with Crippen LogP contribution >= 0.6 is 0 Å². The Bertz CT molecular complexity index is 338. The number of rotatable bonds is 3. The van der Waals surface area contributed by atoms with Gasteiger partial charge in [0.15, 0.2) is 0 Å². The highest BCUT2D eigenvalue weighted by Crippen LogP contribution is 2.28. The summed E-state index contributed by atoms with van der Waals surface area (Å²) in [6.07, 6.45) is 0.994. The van der Waals surface area contributed by atoms with Gasteiger partial charge >= 0.3 is 5.97 Å². The molecule has 0 aromatic carbocycles. The van der Waals surface area contributed by atoms with Crippen LogP contribution in [0.5, 0.6) is 0 Å². The third-order valence-electron chi connectivity index (χ3n) is 2.30. The molecule has 2 N–H and O–H groups in total. The number of hydrogen-bond acceptors (Lipinski definition) is 4. The molecule has 0 spiro atoms. The van der Waals surface area contributed by atoms with Crippen molar-refractivity contribution in [1.29, 1.82) is 0 Å². The number of aliphatic carboxylic acids is 1. The van der Waals surface area contributed by atoms with Crippen LogP contribution in [0.1, 0.15) is 6.92 Å². The van der Waals surface area contributed by atoms with Crippen LogP contribution in [-0.4, -0.2) is 45.0 Å². The van der Waals surface area contributed by atoms with Gasteiger partial charge in [-0.05, 0) is 6.92 Å². The molecule has 2 atom stereocenters. The predicted molar refractivity (Wildman–Crippen MR) is 48.3 cm³/mol. The highest BCUT2D eigenvalue weighted by atomic mass is 32.2. The van der Waals surface area contributed by atoms with E-state index in [1.54, 1.807) is 0 Å². The smallest absolute Gasteiger partial charge is 0.313 e. The molecule has 1 aliphatic heterocycles. The molecule has 0 aromatic rings. The van der Waals surface area contributed by atoms with Crippen molar-refractivity contribution in [3.63, 3.8) is 0 Å². The Morgan fingerprint density at radius 2 is 2.21 bits per heavy atom. The Morgan fingerprint density at radius 3 is 2.64 bits per heavy atom. The average Bonchev–Trinajstić information content (AvgIpc) is 2.30. The molecule has 1 rings (SSSR count). The maximum Gasteiger partial charge on any atom is 0.313 e. The van der Waals surface area contributed by atoms with Crippen LogP contribution in [0.3, 0.4) is 0 Å². The number of hydrogen-bond donors (Lipinski definition) is 2. The zero-order chi connectivity index (χ0) is 11.0. The van der Waals surface area contributed by atoms with Crippen molar-refractivity contribution in [2.75, 3.05) is 19.5 Å². The van der Waals surface area contributed by atoms with E-state index in [0.717, 1.165) is 6.26 Å². The van der Waals surface area contributed by atoms with Gasteiger partial charge < -0.3 is 9.84 Å². The van der Waals surface area contributed by atoms with E-state index in [4.69, 9.17) is 9.84 Å². The van der Waals surface area contributed by atoms with Gasteiger partial charge in [0.1, 0.15) is 5.41 Å². The lowest BCUT2D eigenvalue weighted by molar-refractivity contribution is -0.148. The van der Waals surface area contributed by atoms with Crippen molar-refractivity contribution in [1.82, 2.24) is 4.72 Å². The Balaban J connectivity index is 2.84. The average molecular weight is 223 g/mol. The van der Waals surface area contributed by atoms with Crippen molar-refractivity contribution >= 4 is 16.0 Å². The fourth-order valence-electron chi connectivity index (χ4n) is 1.31. The first kappa shape index (κ1) is 11.4. The van der Waals surface area contributed by atoms with Gasteiger partial charge in [-0.3, -0.25) is 4.79 Å². The van der Waals surface area contributed by atoms with Crippen LogP contribution in [0, 0.1) is 5.41 Å². The molecule has 0 amide bonds. The normalized spacial score (nSPS) is 33.1. The maximum atomic E-state index is 10.9. The standard InChI is InChI=1S/C7H13NO5S/c1-7(6(9)10)4-13-3-5(7)8-14(2,11)12/h5,8H,3-4H2,1-2H3,(H,9,10). The van der Waals surface area contributed by atoms with Gasteiger partial charge in [0, 0.05) is 0 Å². The first-order chi connectivity index (χ1) is 6.26. The van der Waals surface area contributed by atoms with Crippen LogP contribution < -0.4 is 4.72 Å². The van der Waals surface area contributed by atoms with Crippen molar-refractivity contribution in [3.05, 3.63) is 0 Å². The second-order valence-corrected chi connectivity index (χ2v) is 5.46. The first-order valence-corrected chi connectivity index (χ1v) is 5.93. The lowest BCUT2D eigenvalue weighted by Gasteiger charge is -2.24. The van der Waals surface area contributed by atoms with Crippen LogP contribution in [0.15, 0.2) is 0 Å². The third-order valence-corrected chi connectivity index (χ3v) is 3.01. The SMILES string of the molecule is CC1(C(=O)O)COCC1NS(C)(=O)=O. The molecule has 7 heteroatoms. The molecule has 6 nitrogen and oxygen atoms in total. The van der Waals surface area contributed by atoms with E-state index in [-0.39, 0.29) is 13.2 Å². The van der Waals surface area contributed by atoms with E-state index < -0.39 is 27.4 Å². The highest BCUT2D eigenvalue weighted by Gasteiger charge is 2.47. The monoisotopic (exact) mass is 223 g/mol. The fraction of sp³-hybridized carbons (Fsp3) is 0.857. The highest BCUT2D eigenvalue weighted by molar-refractivity contribution is 7.88. The van der Waals surface area contributed by atoms with Crippen molar-refractivity contribution in [2.24, 2.45) is 5.41 Å². The van der Waals surface area contributed by atoms with E-state index in [2.05, 4.69) is 4.72 Å². The number of carboxylic acids is 1. The summed E-state index contributed by atoms with van der Waals surface area (Å²) < 4.78 is 29.1. The summed E-state index contributed by atoms with van der Waals surface area (Å²) in [6, 6.07) is -0.699. The van der Waals surface area contributed by atoms with E-state index in [0.29, 0.717) is 0 Å². The molecule has 1 fully saturated rings. The number of carboxylic acid groups (broad SMARTS) is 1. The van der Waals surface area contributed by atoms with Crippen LogP contribution in [0.4, 0.5) is 0 Å². The summed E-state index contributed by atoms with van der Waals surface area (Å²) in [5, 5.41) is 8.92. The van der Waals surface area contributed by atoms with Gasteiger partial charge in [-0.25, -0.2) is 13.1 Å². The first-order valence-electron chi connectivity index (χ1n) is 4.04. The van der Waals surface area contributed by atoms with Crippen LogP contribution in [-0.2, 0) is 19.6 Å².